The fraction of sp³-hybridized carbons (Fsp3) is 0.316. The van der Waals surface area contributed by atoms with E-state index < -0.39 is 10.0 Å². The van der Waals surface area contributed by atoms with Crippen LogP contribution in [0.1, 0.15) is 16.8 Å². The second kappa shape index (κ2) is 8.48. The lowest BCUT2D eigenvalue weighted by Gasteiger charge is -2.19. The SMILES string of the molecule is CON(C)S(=O)(=O)c1cc(C(=O)N2CCC(Nc3ccccc3)C2)ccc1Cl. The highest BCUT2D eigenvalue weighted by Gasteiger charge is 2.29. The summed E-state index contributed by atoms with van der Waals surface area (Å²) in [5, 5.41) is 3.44. The molecule has 0 aliphatic carbocycles. The molecular formula is C19H22ClN3O4S. The summed E-state index contributed by atoms with van der Waals surface area (Å²) in [7, 11) is -1.45. The number of anilines is 1. The Labute approximate surface area is 169 Å². The van der Waals surface area contributed by atoms with Gasteiger partial charge in [-0.2, -0.15) is 0 Å². The number of carbonyl (C=O) groups is 1. The monoisotopic (exact) mass is 423 g/mol. The molecule has 1 N–H and O–H groups in total. The first kappa shape index (κ1) is 20.6. The number of hydrogen-bond donors (Lipinski definition) is 1. The molecule has 2 aromatic carbocycles. The lowest BCUT2D eigenvalue weighted by Crippen LogP contribution is -2.32. The Morgan fingerprint density at radius 1 is 1.25 bits per heavy atom. The van der Waals surface area contributed by atoms with Crippen molar-refractivity contribution in [2.75, 3.05) is 32.6 Å². The number of likely N-dealkylation sites (tertiary alicyclic amines) is 1. The number of amides is 1. The average Bonchev–Trinajstić information content (AvgIpc) is 3.16. The van der Waals surface area contributed by atoms with Gasteiger partial charge in [0.15, 0.2) is 0 Å². The summed E-state index contributed by atoms with van der Waals surface area (Å²) in [6.07, 6.45) is 0.811. The number of benzene rings is 2. The molecule has 0 radical (unpaired) electrons. The molecular weight excluding hydrogens is 402 g/mol. The van der Waals surface area contributed by atoms with E-state index >= 15 is 0 Å². The average molecular weight is 424 g/mol. The van der Waals surface area contributed by atoms with Gasteiger partial charge in [0.05, 0.1) is 12.1 Å². The molecule has 150 valence electrons. The van der Waals surface area contributed by atoms with Gasteiger partial charge in [0, 0.05) is 37.4 Å². The molecule has 1 aliphatic rings. The van der Waals surface area contributed by atoms with E-state index in [9.17, 15) is 13.2 Å². The summed E-state index contributed by atoms with van der Waals surface area (Å²) in [5.41, 5.74) is 1.28. The number of hydrogen-bond acceptors (Lipinski definition) is 5. The van der Waals surface area contributed by atoms with Crippen LogP contribution in [-0.2, 0) is 14.9 Å². The molecule has 1 atom stereocenters. The van der Waals surface area contributed by atoms with Gasteiger partial charge in [0.1, 0.15) is 4.90 Å². The van der Waals surface area contributed by atoms with E-state index in [0.717, 1.165) is 12.1 Å². The first-order valence-corrected chi connectivity index (χ1v) is 10.6. The molecule has 3 rings (SSSR count). The Balaban J connectivity index is 1.76. The van der Waals surface area contributed by atoms with E-state index in [4.69, 9.17) is 16.4 Å². The van der Waals surface area contributed by atoms with Crippen molar-refractivity contribution in [2.45, 2.75) is 17.4 Å². The van der Waals surface area contributed by atoms with Gasteiger partial charge in [-0.05, 0) is 36.8 Å². The molecule has 1 unspecified atom stereocenters. The van der Waals surface area contributed by atoms with Crippen molar-refractivity contribution in [3.05, 3.63) is 59.1 Å². The van der Waals surface area contributed by atoms with Crippen LogP contribution in [0.3, 0.4) is 0 Å². The van der Waals surface area contributed by atoms with Gasteiger partial charge >= 0.3 is 0 Å². The molecule has 2 aromatic rings. The molecule has 0 aromatic heterocycles. The lowest BCUT2D eigenvalue weighted by atomic mass is 10.2. The molecule has 0 saturated carbocycles. The summed E-state index contributed by atoms with van der Waals surface area (Å²) in [5.74, 6) is -0.231. The molecule has 1 aliphatic heterocycles. The van der Waals surface area contributed by atoms with Crippen LogP contribution < -0.4 is 5.32 Å². The lowest BCUT2D eigenvalue weighted by molar-refractivity contribution is -0.0258. The van der Waals surface area contributed by atoms with E-state index in [2.05, 4.69) is 5.32 Å². The molecule has 1 fully saturated rings. The van der Waals surface area contributed by atoms with Crippen molar-refractivity contribution < 1.29 is 18.0 Å². The molecule has 28 heavy (non-hydrogen) atoms. The van der Waals surface area contributed by atoms with Gasteiger partial charge in [-0.3, -0.25) is 9.63 Å². The van der Waals surface area contributed by atoms with E-state index in [0.29, 0.717) is 17.6 Å². The molecule has 1 heterocycles. The highest BCUT2D eigenvalue weighted by Crippen LogP contribution is 2.27. The van der Waals surface area contributed by atoms with Crippen LogP contribution in [0.2, 0.25) is 5.02 Å². The van der Waals surface area contributed by atoms with E-state index in [1.165, 1.54) is 32.4 Å². The molecule has 1 saturated heterocycles. The van der Waals surface area contributed by atoms with Crippen molar-refractivity contribution in [1.29, 1.82) is 0 Å². The molecule has 7 nitrogen and oxygen atoms in total. The zero-order valence-corrected chi connectivity index (χ0v) is 17.2. The Morgan fingerprint density at radius 2 is 1.96 bits per heavy atom. The largest absolute Gasteiger partial charge is 0.380 e. The summed E-state index contributed by atoms with van der Waals surface area (Å²) in [4.78, 5) is 19.2. The number of rotatable bonds is 6. The van der Waals surface area contributed by atoms with Gasteiger partial charge in [0.2, 0.25) is 0 Å². The molecule has 0 spiro atoms. The van der Waals surface area contributed by atoms with Gasteiger partial charge < -0.3 is 10.2 Å². The third kappa shape index (κ3) is 4.30. The maximum absolute atomic E-state index is 12.9. The second-order valence-corrected chi connectivity index (χ2v) is 8.80. The van der Waals surface area contributed by atoms with E-state index in [1.54, 1.807) is 4.90 Å². The Bertz CT molecular complexity index is 953. The van der Waals surface area contributed by atoms with E-state index in [-0.39, 0.29) is 27.4 Å². The predicted molar refractivity (Wildman–Crippen MR) is 108 cm³/mol. The van der Waals surface area contributed by atoms with Crippen LogP contribution in [0.5, 0.6) is 0 Å². The minimum absolute atomic E-state index is 0.0329. The summed E-state index contributed by atoms with van der Waals surface area (Å²) in [6.45, 7) is 1.13. The zero-order chi connectivity index (χ0) is 20.3. The number of halogens is 1. The topological polar surface area (TPSA) is 79.0 Å². The summed E-state index contributed by atoms with van der Waals surface area (Å²) in [6, 6.07) is 14.2. The van der Waals surface area contributed by atoms with Crippen LogP contribution in [0.4, 0.5) is 5.69 Å². The number of nitrogens with one attached hydrogen (secondary N) is 1. The second-order valence-electron chi connectivity index (χ2n) is 6.49. The van der Waals surface area contributed by atoms with Crippen LogP contribution in [0.15, 0.2) is 53.4 Å². The quantitative estimate of drug-likeness (QED) is 0.723. The van der Waals surface area contributed by atoms with Crippen molar-refractivity contribution in [2.24, 2.45) is 0 Å². The van der Waals surface area contributed by atoms with Crippen LogP contribution in [-0.4, -0.2) is 57.0 Å². The number of hydroxylamine groups is 1. The van der Waals surface area contributed by atoms with E-state index in [1.807, 2.05) is 30.3 Å². The summed E-state index contributed by atoms with van der Waals surface area (Å²) < 4.78 is 25.7. The van der Waals surface area contributed by atoms with Crippen molar-refractivity contribution >= 4 is 33.2 Å². The van der Waals surface area contributed by atoms with Crippen LogP contribution in [0.25, 0.3) is 0 Å². The Morgan fingerprint density at radius 3 is 2.64 bits per heavy atom. The fourth-order valence-corrected chi connectivity index (χ4v) is 4.56. The highest BCUT2D eigenvalue weighted by molar-refractivity contribution is 7.89. The van der Waals surface area contributed by atoms with Crippen molar-refractivity contribution in [3.8, 4) is 0 Å². The molecule has 1 amide bonds. The number of sulfonamides is 1. The third-order valence-electron chi connectivity index (χ3n) is 4.67. The standard InChI is InChI=1S/C19H22ClN3O4S/c1-22(27-2)28(25,26)18-12-14(8-9-17(18)20)19(24)23-11-10-16(13-23)21-15-6-4-3-5-7-15/h3-9,12,16,21H,10-11,13H2,1-2H3. The highest BCUT2D eigenvalue weighted by atomic mass is 35.5. The number of carbonyl (C=O) groups excluding carboxylic acids is 1. The normalized spacial score (nSPS) is 17.1. The summed E-state index contributed by atoms with van der Waals surface area (Å²) >= 11 is 6.06. The third-order valence-corrected chi connectivity index (χ3v) is 6.83. The minimum atomic E-state index is -3.95. The smallest absolute Gasteiger partial charge is 0.266 e. The van der Waals surface area contributed by atoms with Crippen LogP contribution in [0, 0.1) is 0 Å². The van der Waals surface area contributed by atoms with Crippen LogP contribution >= 0.6 is 11.6 Å². The van der Waals surface area contributed by atoms with Gasteiger partial charge in [-0.25, -0.2) is 8.42 Å². The molecule has 0 bridgehead atoms. The van der Waals surface area contributed by atoms with Gasteiger partial charge in [-0.15, -0.1) is 0 Å². The van der Waals surface area contributed by atoms with Gasteiger partial charge in [-0.1, -0.05) is 34.3 Å². The van der Waals surface area contributed by atoms with Crippen molar-refractivity contribution in [3.63, 3.8) is 0 Å². The van der Waals surface area contributed by atoms with Gasteiger partial charge in [0.25, 0.3) is 15.9 Å². The Hall–Kier alpha value is -2.13. The first-order valence-electron chi connectivity index (χ1n) is 8.76. The fourth-order valence-electron chi connectivity index (χ4n) is 3.09. The maximum Gasteiger partial charge on any atom is 0.266 e. The Kier molecular flexibility index (Phi) is 6.24. The molecule has 9 heteroatoms. The minimum Gasteiger partial charge on any atom is -0.380 e. The predicted octanol–water partition coefficient (Wildman–Crippen LogP) is 2.85. The number of para-hydroxylation sites is 1. The first-order chi connectivity index (χ1) is 13.3. The number of nitrogens with zero attached hydrogens (tertiary/aromatic N) is 2. The maximum atomic E-state index is 12.9. The zero-order valence-electron chi connectivity index (χ0n) is 15.6. The van der Waals surface area contributed by atoms with Crippen molar-refractivity contribution in [1.82, 2.24) is 9.37 Å².